The van der Waals surface area contributed by atoms with Crippen molar-refractivity contribution in [3.63, 3.8) is 0 Å². The number of anilines is 2. The lowest BCUT2D eigenvalue weighted by molar-refractivity contribution is -0.131. The number of hydrazine groups is 1. The maximum absolute atomic E-state index is 12.6. The van der Waals surface area contributed by atoms with Crippen LogP contribution in [0.3, 0.4) is 0 Å². The van der Waals surface area contributed by atoms with Gasteiger partial charge in [-0.2, -0.15) is 4.98 Å². The van der Waals surface area contributed by atoms with E-state index in [0.29, 0.717) is 44.9 Å². The molecule has 2 fully saturated rings. The fourth-order valence-corrected chi connectivity index (χ4v) is 4.75. The number of piperidine rings is 1. The number of carbonyl (C=O) groups is 2. The topological polar surface area (TPSA) is 94.0 Å². The second-order valence-corrected chi connectivity index (χ2v) is 9.18. The summed E-state index contributed by atoms with van der Waals surface area (Å²) in [4.78, 5) is 36.1. The Labute approximate surface area is 205 Å². The highest BCUT2D eigenvalue weighted by molar-refractivity contribution is 5.83. The quantitative estimate of drug-likeness (QED) is 0.528. The number of hydrogen-bond donors (Lipinski definition) is 2. The van der Waals surface area contributed by atoms with Crippen molar-refractivity contribution in [3.05, 3.63) is 54.6 Å². The predicted octanol–water partition coefficient (Wildman–Crippen LogP) is 2.40. The van der Waals surface area contributed by atoms with Gasteiger partial charge in [0.2, 0.25) is 11.8 Å². The Morgan fingerprint density at radius 1 is 0.857 bits per heavy atom. The molecule has 2 saturated heterocycles. The van der Waals surface area contributed by atoms with E-state index in [2.05, 4.69) is 54.8 Å². The molecule has 2 aliphatic rings. The summed E-state index contributed by atoms with van der Waals surface area (Å²) in [6, 6.07) is 18.7. The molecule has 2 aliphatic heterocycles. The molecule has 1 aromatic heterocycles. The van der Waals surface area contributed by atoms with Crippen LogP contribution in [0.25, 0.3) is 11.1 Å². The van der Waals surface area contributed by atoms with Crippen LogP contribution in [0, 0.1) is 5.92 Å². The molecule has 0 unspecified atom stereocenters. The molecule has 9 heteroatoms. The fourth-order valence-electron chi connectivity index (χ4n) is 4.75. The number of amides is 2. The first-order chi connectivity index (χ1) is 17.2. The molecular weight excluding hydrogens is 444 g/mol. The summed E-state index contributed by atoms with van der Waals surface area (Å²) in [6.07, 6.45) is 1.74. The summed E-state index contributed by atoms with van der Waals surface area (Å²) < 4.78 is 5.84. The SMILES string of the molecule is O=C(CCN1CCN(c2ccccc2)CC1)NNC(=O)C1CCN(c2nc3ccccc3o2)CC1. The zero-order chi connectivity index (χ0) is 24.0. The summed E-state index contributed by atoms with van der Waals surface area (Å²) in [5.74, 6) is -0.429. The number of fused-ring (bicyclic) bond motifs is 1. The van der Waals surface area contributed by atoms with Gasteiger partial charge in [0.1, 0.15) is 5.52 Å². The molecule has 3 heterocycles. The number of rotatable bonds is 6. The third-order valence-electron chi connectivity index (χ3n) is 6.89. The molecule has 2 N–H and O–H groups in total. The Hall–Kier alpha value is -3.59. The third kappa shape index (κ3) is 5.74. The van der Waals surface area contributed by atoms with Crippen LogP contribution in [-0.4, -0.2) is 67.5 Å². The van der Waals surface area contributed by atoms with E-state index in [1.807, 2.05) is 30.3 Å². The highest BCUT2D eigenvalue weighted by atomic mass is 16.4. The van der Waals surface area contributed by atoms with Crippen LogP contribution in [-0.2, 0) is 9.59 Å². The zero-order valence-corrected chi connectivity index (χ0v) is 19.9. The van der Waals surface area contributed by atoms with Crippen LogP contribution in [0.1, 0.15) is 19.3 Å². The van der Waals surface area contributed by atoms with Crippen LogP contribution in [0.5, 0.6) is 0 Å². The van der Waals surface area contributed by atoms with Crippen molar-refractivity contribution >= 4 is 34.6 Å². The number of carbonyl (C=O) groups excluding carboxylic acids is 2. The van der Waals surface area contributed by atoms with E-state index in [0.717, 1.165) is 37.3 Å². The number of hydrogen-bond acceptors (Lipinski definition) is 7. The second-order valence-electron chi connectivity index (χ2n) is 9.18. The van der Waals surface area contributed by atoms with Crippen molar-refractivity contribution in [3.8, 4) is 0 Å². The highest BCUT2D eigenvalue weighted by Gasteiger charge is 2.27. The lowest BCUT2D eigenvalue weighted by Gasteiger charge is -2.36. The van der Waals surface area contributed by atoms with Gasteiger partial charge < -0.3 is 14.2 Å². The van der Waals surface area contributed by atoms with Crippen LogP contribution >= 0.6 is 0 Å². The van der Waals surface area contributed by atoms with E-state index >= 15 is 0 Å². The van der Waals surface area contributed by atoms with Crippen molar-refractivity contribution < 1.29 is 14.0 Å². The van der Waals surface area contributed by atoms with Crippen molar-refractivity contribution in [1.29, 1.82) is 0 Å². The summed E-state index contributed by atoms with van der Waals surface area (Å²) in [7, 11) is 0. The summed E-state index contributed by atoms with van der Waals surface area (Å²) >= 11 is 0. The van der Waals surface area contributed by atoms with Crippen molar-refractivity contribution in [2.45, 2.75) is 19.3 Å². The molecule has 0 bridgehead atoms. The molecule has 0 spiro atoms. The molecule has 0 atom stereocenters. The standard InChI is InChI=1S/C26H32N6O3/c33-24(12-13-30-16-18-31(19-17-30)21-6-2-1-3-7-21)28-29-25(34)20-10-14-32(15-11-20)26-27-22-8-4-5-9-23(22)35-26/h1-9,20H,10-19H2,(H,28,33)(H,29,34). The van der Waals surface area contributed by atoms with Crippen LogP contribution in [0.4, 0.5) is 11.7 Å². The van der Waals surface area contributed by atoms with E-state index in [1.54, 1.807) is 0 Å². The molecule has 2 amide bonds. The molecule has 0 radical (unpaired) electrons. The molecule has 2 aromatic carbocycles. The van der Waals surface area contributed by atoms with Gasteiger partial charge in [-0.3, -0.25) is 25.3 Å². The van der Waals surface area contributed by atoms with Gasteiger partial charge in [0.15, 0.2) is 5.58 Å². The lowest BCUT2D eigenvalue weighted by Crippen LogP contribution is -2.49. The van der Waals surface area contributed by atoms with Gasteiger partial charge in [0, 0.05) is 63.8 Å². The molecule has 3 aromatic rings. The number of oxazole rings is 1. The molecule has 5 rings (SSSR count). The van der Waals surface area contributed by atoms with Gasteiger partial charge in [0.25, 0.3) is 6.01 Å². The smallest absolute Gasteiger partial charge is 0.298 e. The average molecular weight is 477 g/mol. The van der Waals surface area contributed by atoms with E-state index < -0.39 is 0 Å². The number of piperazine rings is 1. The van der Waals surface area contributed by atoms with E-state index in [9.17, 15) is 9.59 Å². The number of para-hydroxylation sites is 3. The Morgan fingerprint density at radius 3 is 2.31 bits per heavy atom. The summed E-state index contributed by atoms with van der Waals surface area (Å²) in [6.45, 7) is 5.81. The highest BCUT2D eigenvalue weighted by Crippen LogP contribution is 2.26. The third-order valence-corrected chi connectivity index (χ3v) is 6.89. The van der Waals surface area contributed by atoms with Gasteiger partial charge in [-0.25, -0.2) is 0 Å². The first-order valence-electron chi connectivity index (χ1n) is 12.4. The monoisotopic (exact) mass is 476 g/mol. The number of nitrogens with one attached hydrogen (secondary N) is 2. The first kappa shape index (κ1) is 23.2. The van der Waals surface area contributed by atoms with Crippen LogP contribution in [0.15, 0.2) is 59.0 Å². The summed E-state index contributed by atoms with van der Waals surface area (Å²) in [5.41, 5.74) is 8.06. The van der Waals surface area contributed by atoms with Gasteiger partial charge in [-0.05, 0) is 37.1 Å². The van der Waals surface area contributed by atoms with Gasteiger partial charge in [0.05, 0.1) is 0 Å². The van der Waals surface area contributed by atoms with Crippen LogP contribution < -0.4 is 20.7 Å². The molecule has 35 heavy (non-hydrogen) atoms. The number of benzene rings is 2. The largest absolute Gasteiger partial charge is 0.423 e. The van der Waals surface area contributed by atoms with Gasteiger partial charge in [-0.1, -0.05) is 30.3 Å². The van der Waals surface area contributed by atoms with Crippen molar-refractivity contribution in [1.82, 2.24) is 20.7 Å². The first-order valence-corrected chi connectivity index (χ1v) is 12.4. The average Bonchev–Trinajstić information content (AvgIpc) is 3.36. The Bertz CT molecular complexity index is 1100. The maximum Gasteiger partial charge on any atom is 0.298 e. The minimum Gasteiger partial charge on any atom is -0.423 e. The summed E-state index contributed by atoms with van der Waals surface area (Å²) in [5, 5.41) is 0. The lowest BCUT2D eigenvalue weighted by atomic mass is 9.96. The maximum atomic E-state index is 12.6. The van der Waals surface area contributed by atoms with Crippen molar-refractivity contribution in [2.24, 2.45) is 5.92 Å². The molecular formula is C26H32N6O3. The fraction of sp³-hybridized carbons (Fsp3) is 0.423. The predicted molar refractivity (Wildman–Crippen MR) is 135 cm³/mol. The zero-order valence-electron chi connectivity index (χ0n) is 19.9. The molecule has 0 aliphatic carbocycles. The molecule has 0 saturated carbocycles. The van der Waals surface area contributed by atoms with E-state index in [4.69, 9.17) is 4.42 Å². The van der Waals surface area contributed by atoms with Gasteiger partial charge >= 0.3 is 0 Å². The van der Waals surface area contributed by atoms with E-state index in [1.165, 1.54) is 5.69 Å². The molecule has 9 nitrogen and oxygen atoms in total. The Kier molecular flexibility index (Phi) is 7.13. The number of aromatic nitrogens is 1. The van der Waals surface area contributed by atoms with Crippen LogP contribution in [0.2, 0.25) is 0 Å². The minimum absolute atomic E-state index is 0.132. The minimum atomic E-state index is -0.159. The normalized spacial score (nSPS) is 17.5. The van der Waals surface area contributed by atoms with Crippen molar-refractivity contribution in [2.75, 3.05) is 55.6 Å². The Balaban J connectivity index is 0.989. The second kappa shape index (κ2) is 10.8. The van der Waals surface area contributed by atoms with E-state index in [-0.39, 0.29) is 17.7 Å². The Morgan fingerprint density at radius 2 is 1.57 bits per heavy atom. The molecule has 184 valence electrons. The van der Waals surface area contributed by atoms with Gasteiger partial charge in [-0.15, -0.1) is 0 Å². The number of nitrogens with zero attached hydrogens (tertiary/aromatic N) is 4.